The first-order chi connectivity index (χ1) is 31.7. The molecule has 0 saturated carbocycles. The van der Waals surface area contributed by atoms with Gasteiger partial charge in [-0.3, -0.25) is 4.79 Å². The van der Waals surface area contributed by atoms with Crippen LogP contribution in [0.3, 0.4) is 0 Å². The Bertz CT molecular complexity index is 1190. The molecule has 0 saturated heterocycles. The van der Waals surface area contributed by atoms with Gasteiger partial charge in [-0.15, -0.1) is 0 Å². The molecule has 0 aromatic heterocycles. The van der Waals surface area contributed by atoms with Crippen molar-refractivity contribution in [1.29, 1.82) is 0 Å². The van der Waals surface area contributed by atoms with Crippen molar-refractivity contribution in [3.8, 4) is 0 Å². The molecule has 0 bridgehead atoms. The number of allylic oxidation sites excluding steroid dienone is 15. The Labute approximate surface area is 398 Å². The van der Waals surface area contributed by atoms with Crippen LogP contribution in [-0.4, -0.2) is 34.9 Å². The van der Waals surface area contributed by atoms with Crippen molar-refractivity contribution in [2.24, 2.45) is 0 Å². The van der Waals surface area contributed by atoms with Crippen molar-refractivity contribution >= 4 is 5.91 Å². The lowest BCUT2D eigenvalue weighted by atomic mass is 10.0. The van der Waals surface area contributed by atoms with Gasteiger partial charge in [0, 0.05) is 6.42 Å². The molecule has 3 N–H and O–H groups in total. The molecule has 0 rings (SSSR count). The molecule has 0 spiro atoms. The minimum absolute atomic E-state index is 0.0846. The van der Waals surface area contributed by atoms with E-state index >= 15 is 0 Å². The molecule has 0 aromatic rings. The van der Waals surface area contributed by atoms with Crippen molar-refractivity contribution in [3.63, 3.8) is 0 Å². The number of amides is 1. The summed E-state index contributed by atoms with van der Waals surface area (Å²) in [5.41, 5.74) is 0. The molecular formula is C60H105NO3. The molecule has 0 fully saturated rings. The molecule has 0 aliphatic rings. The monoisotopic (exact) mass is 888 g/mol. The van der Waals surface area contributed by atoms with Crippen LogP contribution < -0.4 is 5.32 Å². The second kappa shape index (κ2) is 54.6. The van der Waals surface area contributed by atoms with Crippen LogP contribution in [0.1, 0.15) is 258 Å². The van der Waals surface area contributed by atoms with Gasteiger partial charge in [-0.1, -0.05) is 272 Å². The van der Waals surface area contributed by atoms with Gasteiger partial charge >= 0.3 is 0 Å². The molecule has 0 heterocycles. The molecule has 0 radical (unpaired) electrons. The van der Waals surface area contributed by atoms with E-state index in [1.165, 1.54) is 154 Å². The van der Waals surface area contributed by atoms with Crippen LogP contribution in [0, 0.1) is 0 Å². The fourth-order valence-corrected chi connectivity index (χ4v) is 7.92. The van der Waals surface area contributed by atoms with Crippen LogP contribution in [-0.2, 0) is 4.79 Å². The number of hydrogen-bond acceptors (Lipinski definition) is 3. The summed E-state index contributed by atoms with van der Waals surface area (Å²) in [6.07, 6.45) is 81.2. The van der Waals surface area contributed by atoms with Crippen molar-refractivity contribution in [1.82, 2.24) is 5.32 Å². The van der Waals surface area contributed by atoms with Gasteiger partial charge in [-0.05, 0) is 77.0 Å². The van der Waals surface area contributed by atoms with Gasteiger partial charge in [0.2, 0.25) is 5.91 Å². The highest BCUT2D eigenvalue weighted by Crippen LogP contribution is 2.16. The number of hydrogen-bond donors (Lipinski definition) is 3. The zero-order chi connectivity index (χ0) is 46.3. The molecule has 0 aliphatic carbocycles. The predicted molar refractivity (Wildman–Crippen MR) is 285 cm³/mol. The van der Waals surface area contributed by atoms with Gasteiger partial charge < -0.3 is 15.5 Å². The van der Waals surface area contributed by atoms with Gasteiger partial charge in [0.1, 0.15) is 0 Å². The molecule has 368 valence electrons. The lowest BCUT2D eigenvalue weighted by Crippen LogP contribution is -2.45. The van der Waals surface area contributed by atoms with Gasteiger partial charge in [0.05, 0.1) is 18.8 Å². The first-order valence-corrected chi connectivity index (χ1v) is 27.5. The number of aliphatic hydroxyl groups is 2. The topological polar surface area (TPSA) is 69.6 Å². The Kier molecular flexibility index (Phi) is 52.3. The van der Waals surface area contributed by atoms with E-state index < -0.39 is 12.1 Å². The largest absolute Gasteiger partial charge is 0.394 e. The van der Waals surface area contributed by atoms with E-state index in [4.69, 9.17) is 0 Å². The third-order valence-corrected chi connectivity index (χ3v) is 12.1. The van der Waals surface area contributed by atoms with Gasteiger partial charge in [-0.25, -0.2) is 0 Å². The van der Waals surface area contributed by atoms with E-state index in [-0.39, 0.29) is 12.5 Å². The number of carbonyl (C=O) groups is 1. The molecule has 1 amide bonds. The first-order valence-electron chi connectivity index (χ1n) is 27.5. The number of unbranched alkanes of at least 4 members (excludes halogenated alkanes) is 28. The highest BCUT2D eigenvalue weighted by molar-refractivity contribution is 5.76. The average Bonchev–Trinajstić information content (AvgIpc) is 3.30. The van der Waals surface area contributed by atoms with Crippen molar-refractivity contribution in [3.05, 3.63) is 97.2 Å². The molecule has 0 aromatic carbocycles. The van der Waals surface area contributed by atoms with Crippen LogP contribution >= 0.6 is 0 Å². The van der Waals surface area contributed by atoms with E-state index in [9.17, 15) is 15.0 Å². The number of carbonyl (C=O) groups excluding carboxylic acids is 1. The third kappa shape index (κ3) is 50.3. The standard InChI is InChI=1S/C60H105NO3/c1-3-5-7-9-11-13-15-17-19-21-23-25-27-29-30-32-34-36-38-40-42-44-46-48-50-52-54-56-60(64)61-58(57-62)59(63)55-53-51-49-47-45-43-41-39-37-35-33-31-28-26-24-22-20-18-16-14-12-10-8-6-4-2/h5,7,11,13,17,19,23,25,29-30,34,36,40,42,53,55,58-59,62-63H,3-4,6,8-10,12,14-16,18,20-22,24,26-28,31-33,35,37-39,41,43-52,54,56-57H2,1-2H3,(H,61,64)/b7-5-,13-11-,19-17-,25-23-,30-29-,36-34-,42-40-,55-53+. The van der Waals surface area contributed by atoms with Crippen molar-refractivity contribution in [2.75, 3.05) is 6.61 Å². The van der Waals surface area contributed by atoms with Gasteiger partial charge in [0.25, 0.3) is 0 Å². The van der Waals surface area contributed by atoms with E-state index in [0.29, 0.717) is 6.42 Å². The van der Waals surface area contributed by atoms with Crippen LogP contribution in [0.2, 0.25) is 0 Å². The van der Waals surface area contributed by atoms with Crippen LogP contribution in [0.4, 0.5) is 0 Å². The summed E-state index contributed by atoms with van der Waals surface area (Å²) in [5, 5.41) is 23.2. The van der Waals surface area contributed by atoms with Crippen LogP contribution in [0.15, 0.2) is 97.2 Å². The lowest BCUT2D eigenvalue weighted by Gasteiger charge is -2.20. The van der Waals surface area contributed by atoms with Crippen molar-refractivity contribution < 1.29 is 15.0 Å². The summed E-state index contributed by atoms with van der Waals surface area (Å²) in [5.74, 6) is -0.0846. The number of nitrogens with one attached hydrogen (secondary N) is 1. The molecule has 0 aliphatic heterocycles. The number of aliphatic hydroxyl groups excluding tert-OH is 2. The van der Waals surface area contributed by atoms with E-state index in [0.717, 1.165) is 83.5 Å². The maximum absolute atomic E-state index is 12.5. The molecule has 4 heteroatoms. The summed E-state index contributed by atoms with van der Waals surface area (Å²) in [7, 11) is 0. The van der Waals surface area contributed by atoms with E-state index in [1.807, 2.05) is 6.08 Å². The lowest BCUT2D eigenvalue weighted by molar-refractivity contribution is -0.123. The quantitative estimate of drug-likeness (QED) is 0.0421. The second-order valence-corrected chi connectivity index (χ2v) is 18.3. The maximum Gasteiger partial charge on any atom is 0.220 e. The predicted octanol–water partition coefficient (Wildman–Crippen LogP) is 18.1. The summed E-state index contributed by atoms with van der Waals surface area (Å²) in [4.78, 5) is 12.5. The fourth-order valence-electron chi connectivity index (χ4n) is 7.92. The molecular weight excluding hydrogens is 783 g/mol. The highest BCUT2D eigenvalue weighted by Gasteiger charge is 2.18. The zero-order valence-electron chi connectivity index (χ0n) is 42.3. The Morgan fingerprint density at radius 3 is 1.03 bits per heavy atom. The summed E-state index contributed by atoms with van der Waals surface area (Å²) in [6.45, 7) is 4.20. The molecule has 4 nitrogen and oxygen atoms in total. The molecule has 64 heavy (non-hydrogen) atoms. The molecule has 2 atom stereocenters. The molecule has 2 unspecified atom stereocenters. The zero-order valence-corrected chi connectivity index (χ0v) is 42.3. The van der Waals surface area contributed by atoms with Crippen LogP contribution in [0.5, 0.6) is 0 Å². The van der Waals surface area contributed by atoms with E-state index in [2.05, 4.69) is 104 Å². The summed E-state index contributed by atoms with van der Waals surface area (Å²) >= 11 is 0. The average molecular weight is 889 g/mol. The summed E-state index contributed by atoms with van der Waals surface area (Å²) in [6, 6.07) is -0.641. The van der Waals surface area contributed by atoms with Gasteiger partial charge in [-0.2, -0.15) is 0 Å². The minimum Gasteiger partial charge on any atom is -0.394 e. The Morgan fingerprint density at radius 1 is 0.391 bits per heavy atom. The van der Waals surface area contributed by atoms with Gasteiger partial charge in [0.15, 0.2) is 0 Å². The SMILES string of the molecule is CC/C=C\C/C=C\C/C=C\C/C=C\C/C=C\C/C=C\C/C=C\CCCCCCCC(=O)NC(CO)C(O)/C=C/CCCCCCCCCCCCCCCCCCCCCCCCC. The highest BCUT2D eigenvalue weighted by atomic mass is 16.3. The third-order valence-electron chi connectivity index (χ3n) is 12.1. The normalized spacial score (nSPS) is 13.6. The van der Waals surface area contributed by atoms with E-state index in [1.54, 1.807) is 6.08 Å². The Morgan fingerprint density at radius 2 is 0.688 bits per heavy atom. The maximum atomic E-state index is 12.5. The number of rotatable bonds is 49. The first kappa shape index (κ1) is 61.3. The van der Waals surface area contributed by atoms with Crippen LogP contribution in [0.25, 0.3) is 0 Å². The fraction of sp³-hybridized carbons (Fsp3) is 0.717. The smallest absolute Gasteiger partial charge is 0.220 e. The Balaban J connectivity index is 3.61. The second-order valence-electron chi connectivity index (χ2n) is 18.3. The minimum atomic E-state index is -0.856. The Hall–Kier alpha value is -2.69. The van der Waals surface area contributed by atoms with Crippen molar-refractivity contribution in [2.45, 2.75) is 270 Å². The summed E-state index contributed by atoms with van der Waals surface area (Å²) < 4.78 is 0.